The monoisotopic (exact) mass is 226 g/mol. The third-order valence-electron chi connectivity index (χ3n) is 3.75. The van der Waals surface area contributed by atoms with Crippen molar-refractivity contribution in [2.75, 3.05) is 27.2 Å². The van der Waals surface area contributed by atoms with E-state index in [2.05, 4.69) is 4.90 Å². The van der Waals surface area contributed by atoms with Crippen LogP contribution < -0.4 is 0 Å². The molecular formula is C11H18N2O3. The molecule has 0 bridgehead atoms. The van der Waals surface area contributed by atoms with Crippen molar-refractivity contribution in [3.05, 3.63) is 0 Å². The fraction of sp³-hybridized carbons (Fsp3) is 0.818. The molecule has 5 heteroatoms. The van der Waals surface area contributed by atoms with E-state index >= 15 is 0 Å². The third kappa shape index (κ3) is 1.69. The molecule has 2 fully saturated rings. The highest BCUT2D eigenvalue weighted by atomic mass is 16.4. The molecule has 0 aromatic carbocycles. The molecule has 0 aromatic rings. The van der Waals surface area contributed by atoms with Gasteiger partial charge in [-0.2, -0.15) is 0 Å². The Hall–Kier alpha value is -1.10. The standard InChI is InChI=1S/C11H18N2O3/c1-12(2)8-3-6-13(7-8)9(14)11(4-5-11)10(15)16/h8H,3-7H2,1-2H3,(H,15,16). The molecule has 1 amide bonds. The van der Waals surface area contributed by atoms with Gasteiger partial charge in [0.25, 0.3) is 0 Å². The van der Waals surface area contributed by atoms with E-state index in [1.165, 1.54) is 0 Å². The van der Waals surface area contributed by atoms with Gasteiger partial charge in [-0.25, -0.2) is 0 Å². The Morgan fingerprint density at radius 3 is 2.38 bits per heavy atom. The van der Waals surface area contributed by atoms with E-state index in [-0.39, 0.29) is 5.91 Å². The summed E-state index contributed by atoms with van der Waals surface area (Å²) in [7, 11) is 3.98. The fourth-order valence-electron chi connectivity index (χ4n) is 2.29. The zero-order valence-electron chi connectivity index (χ0n) is 9.77. The van der Waals surface area contributed by atoms with Crippen LogP contribution in [0.1, 0.15) is 19.3 Å². The number of carbonyl (C=O) groups excluding carboxylic acids is 1. The van der Waals surface area contributed by atoms with Gasteiger partial charge in [0, 0.05) is 19.1 Å². The first-order valence-electron chi connectivity index (χ1n) is 5.66. The van der Waals surface area contributed by atoms with Gasteiger partial charge in [0.05, 0.1) is 0 Å². The molecule has 0 aromatic heterocycles. The molecular weight excluding hydrogens is 208 g/mol. The molecule has 1 N–H and O–H groups in total. The maximum absolute atomic E-state index is 12.1. The average Bonchev–Trinajstić information content (AvgIpc) is 2.88. The van der Waals surface area contributed by atoms with Crippen LogP contribution in [0.5, 0.6) is 0 Å². The second kappa shape index (κ2) is 3.73. The Kier molecular flexibility index (Phi) is 2.66. The van der Waals surface area contributed by atoms with Crippen LogP contribution in [-0.2, 0) is 9.59 Å². The van der Waals surface area contributed by atoms with Crippen molar-refractivity contribution in [2.45, 2.75) is 25.3 Å². The summed E-state index contributed by atoms with van der Waals surface area (Å²) in [5, 5.41) is 9.05. The number of amides is 1. The Bertz CT molecular complexity index is 323. The number of nitrogens with zero attached hydrogens (tertiary/aromatic N) is 2. The predicted octanol–water partition coefficient (Wildman–Crippen LogP) is 0.0137. The van der Waals surface area contributed by atoms with Crippen LogP contribution in [0, 0.1) is 5.41 Å². The van der Waals surface area contributed by atoms with Crippen molar-refractivity contribution in [2.24, 2.45) is 5.41 Å². The summed E-state index contributed by atoms with van der Waals surface area (Å²) in [6, 6.07) is 0.369. The minimum absolute atomic E-state index is 0.177. The van der Waals surface area contributed by atoms with Gasteiger partial charge in [-0.1, -0.05) is 0 Å². The second-order valence-electron chi connectivity index (χ2n) is 5.04. The van der Waals surface area contributed by atoms with E-state index in [0.717, 1.165) is 6.42 Å². The molecule has 2 rings (SSSR count). The summed E-state index contributed by atoms with van der Waals surface area (Å²) in [6.07, 6.45) is 1.95. The normalized spacial score (nSPS) is 27.2. The van der Waals surface area contributed by atoms with Crippen molar-refractivity contribution in [3.8, 4) is 0 Å². The zero-order valence-corrected chi connectivity index (χ0v) is 9.77. The van der Waals surface area contributed by atoms with Crippen LogP contribution >= 0.6 is 0 Å². The second-order valence-corrected chi connectivity index (χ2v) is 5.04. The molecule has 90 valence electrons. The maximum atomic E-state index is 12.1. The first-order chi connectivity index (χ1) is 7.47. The third-order valence-corrected chi connectivity index (χ3v) is 3.75. The van der Waals surface area contributed by atoms with E-state index in [9.17, 15) is 9.59 Å². The number of carboxylic acids is 1. The van der Waals surface area contributed by atoms with Gasteiger partial charge >= 0.3 is 5.97 Å². The van der Waals surface area contributed by atoms with Crippen LogP contribution in [0.15, 0.2) is 0 Å². The van der Waals surface area contributed by atoms with Crippen LogP contribution in [0.2, 0.25) is 0 Å². The van der Waals surface area contributed by atoms with E-state index in [4.69, 9.17) is 5.11 Å². The van der Waals surface area contributed by atoms with E-state index < -0.39 is 11.4 Å². The summed E-state index contributed by atoms with van der Waals surface area (Å²) in [6.45, 7) is 1.36. The minimum atomic E-state index is -1.07. The van der Waals surface area contributed by atoms with Gasteiger partial charge in [0.15, 0.2) is 0 Å². The highest BCUT2D eigenvalue weighted by Crippen LogP contribution is 2.47. The Balaban J connectivity index is 2.00. The van der Waals surface area contributed by atoms with Gasteiger partial charge < -0.3 is 14.9 Å². The number of hydrogen-bond acceptors (Lipinski definition) is 3. The number of likely N-dealkylation sites (N-methyl/N-ethyl adjacent to an activating group) is 1. The van der Waals surface area contributed by atoms with Gasteiger partial charge in [0.1, 0.15) is 5.41 Å². The van der Waals surface area contributed by atoms with Crippen LogP contribution in [0.25, 0.3) is 0 Å². The molecule has 1 aliphatic heterocycles. The van der Waals surface area contributed by atoms with Crippen LogP contribution in [0.4, 0.5) is 0 Å². The van der Waals surface area contributed by atoms with Gasteiger partial charge in [-0.05, 0) is 33.4 Å². The lowest BCUT2D eigenvalue weighted by Crippen LogP contribution is -2.41. The summed E-state index contributed by atoms with van der Waals surface area (Å²) in [5.41, 5.74) is -1.07. The summed E-state index contributed by atoms with van der Waals surface area (Å²) in [5.74, 6) is -1.13. The number of likely N-dealkylation sites (tertiary alicyclic amines) is 1. The number of carboxylic acid groups (broad SMARTS) is 1. The molecule has 1 heterocycles. The molecule has 1 saturated carbocycles. The Labute approximate surface area is 95.0 Å². The number of aliphatic carboxylic acids is 1. The lowest BCUT2D eigenvalue weighted by atomic mass is 10.1. The topological polar surface area (TPSA) is 60.9 Å². The Morgan fingerprint density at radius 2 is 2.00 bits per heavy atom. The molecule has 0 radical (unpaired) electrons. The number of hydrogen-bond donors (Lipinski definition) is 1. The summed E-state index contributed by atoms with van der Waals surface area (Å²) >= 11 is 0. The molecule has 1 unspecified atom stereocenters. The Morgan fingerprint density at radius 1 is 1.38 bits per heavy atom. The lowest BCUT2D eigenvalue weighted by Gasteiger charge is -2.22. The zero-order chi connectivity index (χ0) is 11.9. The van der Waals surface area contributed by atoms with Crippen molar-refractivity contribution in [1.82, 2.24) is 9.80 Å². The molecule has 16 heavy (non-hydrogen) atoms. The van der Waals surface area contributed by atoms with Crippen molar-refractivity contribution >= 4 is 11.9 Å². The largest absolute Gasteiger partial charge is 0.480 e. The number of rotatable bonds is 3. The first-order valence-corrected chi connectivity index (χ1v) is 5.66. The van der Waals surface area contributed by atoms with Gasteiger partial charge in [-0.3, -0.25) is 9.59 Å². The van der Waals surface area contributed by atoms with Crippen LogP contribution in [0.3, 0.4) is 0 Å². The van der Waals surface area contributed by atoms with E-state index in [1.54, 1.807) is 4.90 Å². The molecule has 1 atom stereocenters. The van der Waals surface area contributed by atoms with Crippen molar-refractivity contribution in [1.29, 1.82) is 0 Å². The quantitative estimate of drug-likeness (QED) is 0.689. The van der Waals surface area contributed by atoms with E-state index in [1.807, 2.05) is 14.1 Å². The highest BCUT2D eigenvalue weighted by molar-refractivity contribution is 6.04. The maximum Gasteiger partial charge on any atom is 0.319 e. The average molecular weight is 226 g/mol. The highest BCUT2D eigenvalue weighted by Gasteiger charge is 2.59. The fourth-order valence-corrected chi connectivity index (χ4v) is 2.29. The van der Waals surface area contributed by atoms with Crippen molar-refractivity contribution < 1.29 is 14.7 Å². The first kappa shape index (κ1) is 11.4. The molecule has 2 aliphatic rings. The predicted molar refractivity (Wildman–Crippen MR) is 58.0 cm³/mol. The van der Waals surface area contributed by atoms with Gasteiger partial charge in [0.2, 0.25) is 5.91 Å². The summed E-state index contributed by atoms with van der Waals surface area (Å²) < 4.78 is 0. The van der Waals surface area contributed by atoms with Crippen LogP contribution in [-0.4, -0.2) is 60.0 Å². The van der Waals surface area contributed by atoms with Crippen molar-refractivity contribution in [3.63, 3.8) is 0 Å². The minimum Gasteiger partial charge on any atom is -0.480 e. The smallest absolute Gasteiger partial charge is 0.319 e. The molecule has 1 saturated heterocycles. The van der Waals surface area contributed by atoms with Gasteiger partial charge in [-0.15, -0.1) is 0 Å². The summed E-state index contributed by atoms with van der Waals surface area (Å²) in [4.78, 5) is 26.9. The molecule has 5 nitrogen and oxygen atoms in total. The van der Waals surface area contributed by atoms with E-state index in [0.29, 0.717) is 32.0 Å². The molecule has 1 aliphatic carbocycles. The lowest BCUT2D eigenvalue weighted by molar-refractivity contribution is -0.153. The number of carbonyl (C=O) groups is 2. The molecule has 0 spiro atoms. The SMILES string of the molecule is CN(C)C1CCN(C(=O)C2(C(=O)O)CC2)C1.